The molecule has 2 atom stereocenters. The number of nitrogens with one attached hydrogen (secondary N) is 1. The van der Waals surface area contributed by atoms with Crippen LogP contribution < -0.4 is 10.1 Å². The molecule has 27 heavy (non-hydrogen) atoms. The predicted octanol–water partition coefficient (Wildman–Crippen LogP) is 5.31. The lowest BCUT2D eigenvalue weighted by molar-refractivity contribution is 0.145. The Morgan fingerprint density at radius 2 is 2.15 bits per heavy atom. The largest absolute Gasteiger partial charge is 0.452 e. The Kier molecular flexibility index (Phi) is 5.62. The van der Waals surface area contributed by atoms with E-state index in [9.17, 15) is 0 Å². The molecule has 0 saturated carbocycles. The van der Waals surface area contributed by atoms with E-state index in [0.717, 1.165) is 54.8 Å². The van der Waals surface area contributed by atoms with Gasteiger partial charge in [0.25, 0.3) is 0 Å². The van der Waals surface area contributed by atoms with Crippen LogP contribution in [0.2, 0.25) is 0 Å². The summed E-state index contributed by atoms with van der Waals surface area (Å²) in [6.45, 7) is 4.40. The summed E-state index contributed by atoms with van der Waals surface area (Å²) in [6, 6.07) is 8.19. The smallest absolute Gasteiger partial charge is 0.247 e. The number of unbranched alkanes of at least 4 members (excludes halogenated alkanes) is 1. The van der Waals surface area contributed by atoms with Gasteiger partial charge in [-0.1, -0.05) is 55.0 Å². The first kappa shape index (κ1) is 18.3. The molecule has 1 N–H and O–H groups in total. The van der Waals surface area contributed by atoms with Crippen molar-refractivity contribution in [2.75, 3.05) is 11.1 Å². The molecule has 2 aromatic rings. The van der Waals surface area contributed by atoms with E-state index >= 15 is 0 Å². The summed E-state index contributed by atoms with van der Waals surface area (Å²) in [7, 11) is 0. The van der Waals surface area contributed by atoms with Gasteiger partial charge in [-0.2, -0.15) is 4.98 Å². The highest BCUT2D eigenvalue weighted by molar-refractivity contribution is 7.99. The fourth-order valence-corrected chi connectivity index (χ4v) is 4.37. The standard InChI is InChI=1S/C21H26N4OS/c1-3-4-13-27-21-23-20-18(24-25-21)16-7-5-6-8-17(16)22-19(26-20)15-11-9-14(2)10-12-15/h5-9,15,19,22H,3-4,10-13H2,1-2H3/t15-,19+/m1/s1. The molecule has 6 heteroatoms. The molecule has 1 aliphatic heterocycles. The fourth-order valence-electron chi connectivity index (χ4n) is 3.51. The van der Waals surface area contributed by atoms with Crippen LogP contribution in [-0.4, -0.2) is 27.2 Å². The molecule has 1 aromatic heterocycles. The zero-order valence-electron chi connectivity index (χ0n) is 15.9. The van der Waals surface area contributed by atoms with Gasteiger partial charge in [-0.25, -0.2) is 0 Å². The monoisotopic (exact) mass is 382 g/mol. The van der Waals surface area contributed by atoms with Gasteiger partial charge in [-0.3, -0.25) is 0 Å². The number of hydrogen-bond donors (Lipinski definition) is 1. The predicted molar refractivity (Wildman–Crippen MR) is 110 cm³/mol. The Bertz CT molecular complexity index is 839. The molecule has 1 aliphatic carbocycles. The van der Waals surface area contributed by atoms with Gasteiger partial charge < -0.3 is 10.1 Å². The lowest BCUT2D eigenvalue weighted by atomic mass is 9.89. The maximum absolute atomic E-state index is 6.39. The van der Waals surface area contributed by atoms with Gasteiger partial charge in [-0.05, 0) is 38.7 Å². The third-order valence-corrected chi connectivity index (χ3v) is 6.11. The van der Waals surface area contributed by atoms with E-state index in [1.165, 1.54) is 5.57 Å². The van der Waals surface area contributed by atoms with Gasteiger partial charge in [0, 0.05) is 22.9 Å². The first-order valence-electron chi connectivity index (χ1n) is 9.80. The quantitative estimate of drug-likeness (QED) is 0.430. The third kappa shape index (κ3) is 4.10. The average Bonchev–Trinajstić information content (AvgIpc) is 2.85. The highest BCUT2D eigenvalue weighted by atomic mass is 32.2. The first-order valence-corrected chi connectivity index (χ1v) is 10.8. The molecule has 0 unspecified atom stereocenters. The summed E-state index contributed by atoms with van der Waals surface area (Å²) < 4.78 is 6.39. The van der Waals surface area contributed by atoms with Gasteiger partial charge in [0.15, 0.2) is 11.9 Å². The summed E-state index contributed by atoms with van der Waals surface area (Å²) in [6.07, 6.45) is 7.80. The van der Waals surface area contributed by atoms with Crippen LogP contribution >= 0.6 is 11.8 Å². The number of anilines is 1. The SMILES string of the molecule is CCCCSc1nnc2c(n1)O[C@@H]([C@@H]1CC=C(C)CC1)Nc1ccccc1-2. The summed E-state index contributed by atoms with van der Waals surface area (Å²) >= 11 is 1.65. The molecule has 2 aliphatic rings. The number of nitrogens with zero attached hydrogens (tertiary/aromatic N) is 3. The molecule has 0 radical (unpaired) electrons. The van der Waals surface area contributed by atoms with Crippen molar-refractivity contribution in [2.45, 2.75) is 57.3 Å². The Balaban J connectivity index is 1.66. The topological polar surface area (TPSA) is 59.9 Å². The molecule has 0 spiro atoms. The molecule has 0 amide bonds. The van der Waals surface area contributed by atoms with Crippen molar-refractivity contribution < 1.29 is 4.74 Å². The second-order valence-electron chi connectivity index (χ2n) is 7.26. The van der Waals surface area contributed by atoms with E-state index in [1.807, 2.05) is 12.1 Å². The molecule has 1 aromatic carbocycles. The van der Waals surface area contributed by atoms with Crippen molar-refractivity contribution in [3.05, 3.63) is 35.9 Å². The summed E-state index contributed by atoms with van der Waals surface area (Å²) in [5.41, 5.74) is 4.24. The van der Waals surface area contributed by atoms with Crippen molar-refractivity contribution in [1.82, 2.24) is 15.2 Å². The number of thioether (sulfide) groups is 1. The number of para-hydroxylation sites is 1. The van der Waals surface area contributed by atoms with Gasteiger partial charge in [0.05, 0.1) is 0 Å². The maximum atomic E-state index is 6.39. The normalized spacial score (nSPS) is 21.2. The number of hydrogen-bond acceptors (Lipinski definition) is 6. The molecule has 4 rings (SSSR count). The van der Waals surface area contributed by atoms with Crippen LogP contribution in [0.5, 0.6) is 5.88 Å². The summed E-state index contributed by atoms with van der Waals surface area (Å²) in [5.74, 6) is 2.01. The Morgan fingerprint density at radius 1 is 1.26 bits per heavy atom. The average molecular weight is 383 g/mol. The number of fused-ring (bicyclic) bond motifs is 3. The van der Waals surface area contributed by atoms with Crippen LogP contribution in [0.1, 0.15) is 46.0 Å². The minimum atomic E-state index is -0.109. The van der Waals surface area contributed by atoms with Crippen LogP contribution in [0, 0.1) is 5.92 Å². The highest BCUT2D eigenvalue weighted by Gasteiger charge is 2.30. The van der Waals surface area contributed by atoms with Crippen LogP contribution in [0.15, 0.2) is 41.1 Å². The zero-order chi connectivity index (χ0) is 18.6. The van der Waals surface area contributed by atoms with Gasteiger partial charge in [0.2, 0.25) is 11.0 Å². The number of benzene rings is 1. The first-order chi connectivity index (χ1) is 13.2. The highest BCUT2D eigenvalue weighted by Crippen LogP contribution is 2.39. The van der Waals surface area contributed by atoms with Crippen molar-refractivity contribution in [3.8, 4) is 17.1 Å². The minimum Gasteiger partial charge on any atom is -0.452 e. The molecular weight excluding hydrogens is 356 g/mol. The Morgan fingerprint density at radius 3 is 2.96 bits per heavy atom. The van der Waals surface area contributed by atoms with E-state index in [0.29, 0.717) is 17.0 Å². The summed E-state index contributed by atoms with van der Waals surface area (Å²) in [4.78, 5) is 4.72. The maximum Gasteiger partial charge on any atom is 0.247 e. The van der Waals surface area contributed by atoms with Crippen molar-refractivity contribution in [2.24, 2.45) is 5.92 Å². The molecular formula is C21H26N4OS. The van der Waals surface area contributed by atoms with Crippen molar-refractivity contribution >= 4 is 17.4 Å². The van der Waals surface area contributed by atoms with Crippen molar-refractivity contribution in [1.29, 1.82) is 0 Å². The van der Waals surface area contributed by atoms with E-state index in [4.69, 9.17) is 9.72 Å². The van der Waals surface area contributed by atoms with E-state index in [1.54, 1.807) is 11.8 Å². The minimum absolute atomic E-state index is 0.109. The van der Waals surface area contributed by atoms with Crippen LogP contribution in [0.3, 0.4) is 0 Å². The van der Waals surface area contributed by atoms with Gasteiger partial charge >= 0.3 is 0 Å². The van der Waals surface area contributed by atoms with E-state index < -0.39 is 0 Å². The van der Waals surface area contributed by atoms with Crippen LogP contribution in [-0.2, 0) is 0 Å². The molecule has 0 fully saturated rings. The molecule has 2 heterocycles. The van der Waals surface area contributed by atoms with Crippen LogP contribution in [0.25, 0.3) is 11.3 Å². The van der Waals surface area contributed by atoms with E-state index in [-0.39, 0.29) is 6.23 Å². The van der Waals surface area contributed by atoms with E-state index in [2.05, 4.69) is 47.6 Å². The molecule has 0 bridgehead atoms. The Hall–Kier alpha value is -2.08. The van der Waals surface area contributed by atoms with Crippen LogP contribution in [0.4, 0.5) is 5.69 Å². The summed E-state index contributed by atoms with van der Waals surface area (Å²) in [5, 5.41) is 13.1. The Labute approximate surface area is 165 Å². The van der Waals surface area contributed by atoms with Gasteiger partial charge in [0.1, 0.15) is 0 Å². The lowest BCUT2D eigenvalue weighted by Gasteiger charge is -2.29. The number of ether oxygens (including phenoxy) is 1. The fraction of sp³-hybridized carbons (Fsp3) is 0.476. The zero-order valence-corrected chi connectivity index (χ0v) is 16.8. The number of aromatic nitrogens is 3. The lowest BCUT2D eigenvalue weighted by Crippen LogP contribution is -2.35. The number of rotatable bonds is 5. The second kappa shape index (κ2) is 8.30. The van der Waals surface area contributed by atoms with Crippen molar-refractivity contribution in [3.63, 3.8) is 0 Å². The third-order valence-electron chi connectivity index (χ3n) is 5.19. The number of allylic oxidation sites excluding steroid dienone is 2. The molecule has 5 nitrogen and oxygen atoms in total. The molecule has 0 saturated heterocycles. The second-order valence-corrected chi connectivity index (χ2v) is 8.33. The molecule has 142 valence electrons. The van der Waals surface area contributed by atoms with Gasteiger partial charge in [-0.15, -0.1) is 10.2 Å².